The molecule has 7 nitrogen and oxygen atoms in total. The first kappa shape index (κ1) is 24.6. The number of benzene rings is 2. The van der Waals surface area contributed by atoms with Crippen LogP contribution in [0.2, 0.25) is 5.02 Å². The van der Waals surface area contributed by atoms with Gasteiger partial charge in [0.25, 0.3) is 5.91 Å². The highest BCUT2D eigenvalue weighted by molar-refractivity contribution is 6.31. The Labute approximate surface area is 199 Å². The molecule has 0 radical (unpaired) electrons. The van der Waals surface area contributed by atoms with Gasteiger partial charge in [-0.1, -0.05) is 36.9 Å². The zero-order chi connectivity index (χ0) is 23.8. The van der Waals surface area contributed by atoms with Crippen molar-refractivity contribution in [3.05, 3.63) is 58.1 Å². The van der Waals surface area contributed by atoms with Gasteiger partial charge in [-0.2, -0.15) is 0 Å². The van der Waals surface area contributed by atoms with Gasteiger partial charge < -0.3 is 21.3 Å². The molecule has 1 aliphatic rings. The van der Waals surface area contributed by atoms with E-state index >= 15 is 0 Å². The third kappa shape index (κ3) is 7.22. The van der Waals surface area contributed by atoms with Gasteiger partial charge in [0, 0.05) is 28.0 Å². The molecule has 33 heavy (non-hydrogen) atoms. The molecule has 3 rings (SSSR count). The van der Waals surface area contributed by atoms with Crippen molar-refractivity contribution in [2.24, 2.45) is 0 Å². The molecule has 0 aliphatic heterocycles. The molecule has 1 saturated carbocycles. The largest absolute Gasteiger partial charge is 0.376 e. The lowest BCUT2D eigenvalue weighted by atomic mass is 9.95. The standard InChI is InChI=1S/C25H31ClN4O3/c1-16-13-18(25(33)29-19-7-4-3-5-8-19)11-12-21(16)27-14-23(31)28-15-24(32)30-22-10-6-9-20(26)17(22)2/h6,9-13,19,27H,3-5,7-8,14-15H2,1-2H3,(H,28,31)(H,29,33)(H,30,32). The summed E-state index contributed by atoms with van der Waals surface area (Å²) in [5.74, 6) is -0.708. The van der Waals surface area contributed by atoms with Crippen LogP contribution in [-0.4, -0.2) is 36.9 Å². The molecule has 0 unspecified atom stereocenters. The predicted molar refractivity (Wildman–Crippen MR) is 132 cm³/mol. The molecule has 176 valence electrons. The molecule has 0 saturated heterocycles. The van der Waals surface area contributed by atoms with Crippen molar-refractivity contribution >= 4 is 40.7 Å². The third-order valence-corrected chi connectivity index (χ3v) is 6.27. The van der Waals surface area contributed by atoms with E-state index in [9.17, 15) is 14.4 Å². The monoisotopic (exact) mass is 470 g/mol. The van der Waals surface area contributed by atoms with Gasteiger partial charge in [0.15, 0.2) is 0 Å². The SMILES string of the molecule is Cc1cc(C(=O)NC2CCCCC2)ccc1NCC(=O)NCC(=O)Nc1cccc(Cl)c1C. The summed E-state index contributed by atoms with van der Waals surface area (Å²) in [6, 6.07) is 10.9. The number of anilines is 2. The third-order valence-electron chi connectivity index (χ3n) is 5.86. The van der Waals surface area contributed by atoms with Gasteiger partial charge >= 0.3 is 0 Å². The summed E-state index contributed by atoms with van der Waals surface area (Å²) in [4.78, 5) is 36.8. The van der Waals surface area contributed by atoms with E-state index in [1.807, 2.05) is 19.9 Å². The molecule has 1 fully saturated rings. The topological polar surface area (TPSA) is 99.3 Å². The fraction of sp³-hybridized carbons (Fsp3) is 0.400. The molecule has 2 aromatic rings. The van der Waals surface area contributed by atoms with Crippen molar-refractivity contribution in [2.75, 3.05) is 23.7 Å². The summed E-state index contributed by atoms with van der Waals surface area (Å²) in [5.41, 5.74) is 3.63. The molecule has 4 N–H and O–H groups in total. The quantitative estimate of drug-likeness (QED) is 0.465. The maximum Gasteiger partial charge on any atom is 0.251 e. The van der Waals surface area contributed by atoms with E-state index in [2.05, 4.69) is 21.3 Å². The Morgan fingerprint density at radius 1 is 0.939 bits per heavy atom. The molecular formula is C25H31ClN4O3. The van der Waals surface area contributed by atoms with Crippen LogP contribution in [0.25, 0.3) is 0 Å². The van der Waals surface area contributed by atoms with Crippen molar-refractivity contribution in [1.82, 2.24) is 10.6 Å². The zero-order valence-electron chi connectivity index (χ0n) is 19.1. The van der Waals surface area contributed by atoms with Gasteiger partial charge in [-0.05, 0) is 68.1 Å². The lowest BCUT2D eigenvalue weighted by Crippen LogP contribution is -2.36. The van der Waals surface area contributed by atoms with E-state index in [0.29, 0.717) is 16.3 Å². The Balaban J connectivity index is 1.44. The normalized spacial score (nSPS) is 13.8. The second kappa shape index (κ2) is 11.7. The second-order valence-electron chi connectivity index (χ2n) is 8.43. The number of nitrogens with one attached hydrogen (secondary N) is 4. The summed E-state index contributed by atoms with van der Waals surface area (Å²) >= 11 is 6.06. The van der Waals surface area contributed by atoms with E-state index in [4.69, 9.17) is 11.6 Å². The van der Waals surface area contributed by atoms with Gasteiger partial charge in [0.2, 0.25) is 11.8 Å². The van der Waals surface area contributed by atoms with Gasteiger partial charge in [0.05, 0.1) is 13.1 Å². The van der Waals surface area contributed by atoms with Gasteiger partial charge in [-0.25, -0.2) is 0 Å². The average Bonchev–Trinajstić information content (AvgIpc) is 2.80. The van der Waals surface area contributed by atoms with E-state index in [1.54, 1.807) is 30.3 Å². The minimum atomic E-state index is -0.335. The molecule has 2 aromatic carbocycles. The molecule has 1 aliphatic carbocycles. The van der Waals surface area contributed by atoms with Crippen molar-refractivity contribution in [3.63, 3.8) is 0 Å². The number of carbonyl (C=O) groups is 3. The molecule has 0 aromatic heterocycles. The van der Waals surface area contributed by atoms with Crippen LogP contribution in [0.4, 0.5) is 11.4 Å². The average molecular weight is 471 g/mol. The van der Waals surface area contributed by atoms with Crippen LogP contribution < -0.4 is 21.3 Å². The highest BCUT2D eigenvalue weighted by atomic mass is 35.5. The number of aryl methyl sites for hydroxylation is 1. The fourth-order valence-corrected chi connectivity index (χ4v) is 4.05. The summed E-state index contributed by atoms with van der Waals surface area (Å²) < 4.78 is 0. The van der Waals surface area contributed by atoms with E-state index < -0.39 is 0 Å². The summed E-state index contributed by atoms with van der Waals surface area (Å²) in [7, 11) is 0. The molecule has 0 bridgehead atoms. The molecule has 3 amide bonds. The number of carbonyl (C=O) groups excluding carboxylic acids is 3. The van der Waals surface area contributed by atoms with Crippen LogP contribution in [0.3, 0.4) is 0 Å². The van der Waals surface area contributed by atoms with Crippen molar-refractivity contribution in [2.45, 2.75) is 52.0 Å². The van der Waals surface area contributed by atoms with Gasteiger partial charge in [-0.3, -0.25) is 14.4 Å². The number of rotatable bonds is 8. The van der Waals surface area contributed by atoms with Crippen molar-refractivity contribution < 1.29 is 14.4 Å². The lowest BCUT2D eigenvalue weighted by molar-refractivity contribution is -0.122. The van der Waals surface area contributed by atoms with Crippen LogP contribution >= 0.6 is 11.6 Å². The smallest absolute Gasteiger partial charge is 0.251 e. The number of halogens is 1. The van der Waals surface area contributed by atoms with E-state index in [-0.39, 0.29) is 36.9 Å². The molecular weight excluding hydrogens is 440 g/mol. The number of hydrogen-bond acceptors (Lipinski definition) is 4. The Bertz CT molecular complexity index is 1020. The van der Waals surface area contributed by atoms with Gasteiger partial charge in [-0.15, -0.1) is 0 Å². The highest BCUT2D eigenvalue weighted by Crippen LogP contribution is 2.23. The Morgan fingerprint density at radius 2 is 1.70 bits per heavy atom. The Hall–Kier alpha value is -3.06. The summed E-state index contributed by atoms with van der Waals surface area (Å²) in [5, 5.41) is 12.1. The van der Waals surface area contributed by atoms with Crippen LogP contribution in [0, 0.1) is 13.8 Å². The first-order chi connectivity index (χ1) is 15.8. The van der Waals surface area contributed by atoms with Crippen molar-refractivity contribution in [3.8, 4) is 0 Å². The molecule has 0 atom stereocenters. The van der Waals surface area contributed by atoms with Crippen LogP contribution in [0.5, 0.6) is 0 Å². The maximum atomic E-state index is 12.5. The molecule has 0 spiro atoms. The first-order valence-electron chi connectivity index (χ1n) is 11.3. The maximum absolute atomic E-state index is 12.5. The fourth-order valence-electron chi connectivity index (χ4n) is 3.87. The van der Waals surface area contributed by atoms with Crippen LogP contribution in [-0.2, 0) is 9.59 Å². The number of hydrogen-bond donors (Lipinski definition) is 4. The Kier molecular flexibility index (Phi) is 8.72. The Morgan fingerprint density at radius 3 is 2.42 bits per heavy atom. The van der Waals surface area contributed by atoms with E-state index in [1.165, 1.54) is 6.42 Å². The highest BCUT2D eigenvalue weighted by Gasteiger charge is 2.17. The summed E-state index contributed by atoms with van der Waals surface area (Å²) in [6.07, 6.45) is 5.64. The predicted octanol–water partition coefficient (Wildman–Crippen LogP) is 4.19. The second-order valence-corrected chi connectivity index (χ2v) is 8.84. The van der Waals surface area contributed by atoms with Crippen molar-refractivity contribution in [1.29, 1.82) is 0 Å². The first-order valence-corrected chi connectivity index (χ1v) is 11.7. The zero-order valence-corrected chi connectivity index (χ0v) is 19.8. The van der Waals surface area contributed by atoms with Crippen LogP contribution in [0.1, 0.15) is 53.6 Å². The molecule has 8 heteroatoms. The number of amides is 3. The van der Waals surface area contributed by atoms with E-state index in [0.717, 1.165) is 42.5 Å². The van der Waals surface area contributed by atoms with Gasteiger partial charge in [0.1, 0.15) is 0 Å². The minimum absolute atomic E-state index is 0.0118. The van der Waals surface area contributed by atoms with Crippen LogP contribution in [0.15, 0.2) is 36.4 Å². The summed E-state index contributed by atoms with van der Waals surface area (Å²) in [6.45, 7) is 3.57. The lowest BCUT2D eigenvalue weighted by Gasteiger charge is -2.23. The minimum Gasteiger partial charge on any atom is -0.376 e. The molecule has 0 heterocycles.